The van der Waals surface area contributed by atoms with Crippen molar-refractivity contribution in [1.29, 1.82) is 0 Å². The minimum absolute atomic E-state index is 0.0186. The zero-order valence-corrected chi connectivity index (χ0v) is 15.7. The molecule has 138 valence electrons. The lowest BCUT2D eigenvalue weighted by Gasteiger charge is -2.31. The zero-order valence-electron chi connectivity index (χ0n) is 14.8. The molecular weight excluding hydrogens is 350 g/mol. The summed E-state index contributed by atoms with van der Waals surface area (Å²) in [6.07, 6.45) is 1.60. The second kappa shape index (κ2) is 8.85. The number of thiophene rings is 1. The van der Waals surface area contributed by atoms with E-state index in [0.717, 1.165) is 24.2 Å². The minimum atomic E-state index is -0.214. The molecule has 0 spiro atoms. The number of hydrogen-bond acceptors (Lipinski definition) is 5. The lowest BCUT2D eigenvalue weighted by molar-refractivity contribution is -0.149. The van der Waals surface area contributed by atoms with Crippen LogP contribution in [0.25, 0.3) is 0 Å². The van der Waals surface area contributed by atoms with Gasteiger partial charge in [-0.3, -0.25) is 9.59 Å². The van der Waals surface area contributed by atoms with Crippen molar-refractivity contribution in [2.75, 3.05) is 19.7 Å². The number of benzene rings is 1. The van der Waals surface area contributed by atoms with E-state index in [-0.39, 0.29) is 17.8 Å². The first-order valence-electron chi connectivity index (χ1n) is 8.88. The van der Waals surface area contributed by atoms with Crippen molar-refractivity contribution < 1.29 is 19.1 Å². The summed E-state index contributed by atoms with van der Waals surface area (Å²) >= 11 is 1.42. The largest absolute Gasteiger partial charge is 0.489 e. The van der Waals surface area contributed by atoms with Gasteiger partial charge in [-0.25, -0.2) is 0 Å². The topological polar surface area (TPSA) is 55.8 Å². The van der Waals surface area contributed by atoms with Crippen LogP contribution in [0.3, 0.4) is 0 Å². The van der Waals surface area contributed by atoms with Gasteiger partial charge in [0.25, 0.3) is 5.91 Å². The summed E-state index contributed by atoms with van der Waals surface area (Å²) in [5.41, 5.74) is 0.973. The Morgan fingerprint density at radius 1 is 1.27 bits per heavy atom. The average molecular weight is 373 g/mol. The Morgan fingerprint density at radius 2 is 2.08 bits per heavy atom. The maximum Gasteiger partial charge on any atom is 0.310 e. The molecule has 5 nitrogen and oxygen atoms in total. The Hall–Kier alpha value is -2.34. The van der Waals surface area contributed by atoms with E-state index in [2.05, 4.69) is 0 Å². The highest BCUT2D eigenvalue weighted by Gasteiger charge is 2.30. The number of carbonyl (C=O) groups is 2. The predicted octanol–water partition coefficient (Wildman–Crippen LogP) is 3.74. The number of amides is 1. The molecule has 1 aromatic carbocycles. The fourth-order valence-electron chi connectivity index (χ4n) is 3.02. The van der Waals surface area contributed by atoms with Crippen molar-refractivity contribution in [3.63, 3.8) is 0 Å². The molecule has 1 aliphatic heterocycles. The molecule has 6 heteroatoms. The SMILES string of the molecule is CCOC(=O)C1CCCN(C(=O)c2cc(COc3ccccc3)cs2)C1. The van der Waals surface area contributed by atoms with E-state index in [0.29, 0.717) is 31.2 Å². The number of likely N-dealkylation sites (tertiary alicyclic amines) is 1. The number of esters is 1. The van der Waals surface area contributed by atoms with Gasteiger partial charge < -0.3 is 14.4 Å². The van der Waals surface area contributed by atoms with E-state index in [1.165, 1.54) is 11.3 Å². The summed E-state index contributed by atoms with van der Waals surface area (Å²) in [4.78, 5) is 27.2. The standard InChI is InChI=1S/C20H23NO4S/c1-2-24-20(23)16-7-6-10-21(12-16)19(22)18-11-15(14-26-18)13-25-17-8-4-3-5-9-17/h3-5,8-9,11,14,16H,2,6-7,10,12-13H2,1H3. The van der Waals surface area contributed by atoms with Crippen molar-refractivity contribution in [2.45, 2.75) is 26.4 Å². The lowest BCUT2D eigenvalue weighted by atomic mass is 9.98. The van der Waals surface area contributed by atoms with Crippen LogP contribution in [0, 0.1) is 5.92 Å². The molecule has 1 saturated heterocycles. The molecule has 2 aromatic rings. The molecular formula is C20H23NO4S. The van der Waals surface area contributed by atoms with Gasteiger partial charge in [-0.1, -0.05) is 18.2 Å². The molecule has 0 radical (unpaired) electrons. The lowest BCUT2D eigenvalue weighted by Crippen LogP contribution is -2.42. The Bertz CT molecular complexity index is 743. The number of carbonyl (C=O) groups excluding carboxylic acids is 2. The second-order valence-electron chi connectivity index (χ2n) is 6.26. The van der Waals surface area contributed by atoms with Gasteiger partial charge in [-0.05, 0) is 43.3 Å². The third-order valence-corrected chi connectivity index (χ3v) is 5.31. The van der Waals surface area contributed by atoms with Crippen molar-refractivity contribution in [3.05, 3.63) is 52.2 Å². The van der Waals surface area contributed by atoms with Crippen LogP contribution in [0.5, 0.6) is 5.75 Å². The second-order valence-corrected chi connectivity index (χ2v) is 7.17. The first-order valence-corrected chi connectivity index (χ1v) is 9.76. The van der Waals surface area contributed by atoms with Crippen molar-refractivity contribution in [1.82, 2.24) is 4.90 Å². The Kier molecular flexibility index (Phi) is 6.28. The molecule has 1 aliphatic rings. The van der Waals surface area contributed by atoms with Crippen LogP contribution < -0.4 is 4.74 Å². The van der Waals surface area contributed by atoms with Gasteiger partial charge in [0.2, 0.25) is 0 Å². The molecule has 0 aliphatic carbocycles. The highest BCUT2D eigenvalue weighted by atomic mass is 32.1. The van der Waals surface area contributed by atoms with E-state index in [1.807, 2.05) is 41.8 Å². The van der Waals surface area contributed by atoms with E-state index in [1.54, 1.807) is 11.8 Å². The van der Waals surface area contributed by atoms with Gasteiger partial charge in [-0.15, -0.1) is 11.3 Å². The fraction of sp³-hybridized carbons (Fsp3) is 0.400. The van der Waals surface area contributed by atoms with Crippen LogP contribution in [0.1, 0.15) is 35.0 Å². The zero-order chi connectivity index (χ0) is 18.4. The minimum Gasteiger partial charge on any atom is -0.489 e. The molecule has 0 saturated carbocycles. The Labute approximate surface area is 157 Å². The molecule has 3 rings (SSSR count). The summed E-state index contributed by atoms with van der Waals surface area (Å²) < 4.78 is 10.8. The molecule has 0 N–H and O–H groups in total. The third-order valence-electron chi connectivity index (χ3n) is 4.34. The predicted molar refractivity (Wildman–Crippen MR) is 100 cm³/mol. The van der Waals surface area contributed by atoms with Crippen molar-refractivity contribution >= 4 is 23.2 Å². The quantitative estimate of drug-likeness (QED) is 0.724. The number of hydrogen-bond donors (Lipinski definition) is 0. The van der Waals surface area contributed by atoms with E-state index in [9.17, 15) is 9.59 Å². The van der Waals surface area contributed by atoms with Gasteiger partial charge in [0, 0.05) is 18.7 Å². The summed E-state index contributed by atoms with van der Waals surface area (Å²) in [5.74, 6) is 0.372. The van der Waals surface area contributed by atoms with E-state index >= 15 is 0 Å². The molecule has 1 amide bonds. The van der Waals surface area contributed by atoms with Crippen LogP contribution in [0.15, 0.2) is 41.8 Å². The van der Waals surface area contributed by atoms with Crippen LogP contribution >= 0.6 is 11.3 Å². The molecule has 0 bridgehead atoms. The van der Waals surface area contributed by atoms with Crippen LogP contribution in [-0.4, -0.2) is 36.5 Å². The molecule has 1 aromatic heterocycles. The third kappa shape index (κ3) is 4.64. The number of ether oxygens (including phenoxy) is 2. The fourth-order valence-corrected chi connectivity index (χ4v) is 3.88. The molecule has 1 unspecified atom stereocenters. The number of rotatable bonds is 6. The number of nitrogens with zero attached hydrogens (tertiary/aromatic N) is 1. The summed E-state index contributed by atoms with van der Waals surface area (Å²) in [6, 6.07) is 11.5. The van der Waals surface area contributed by atoms with Crippen LogP contribution in [-0.2, 0) is 16.1 Å². The highest BCUT2D eigenvalue weighted by molar-refractivity contribution is 7.12. The molecule has 26 heavy (non-hydrogen) atoms. The van der Waals surface area contributed by atoms with Gasteiger partial charge in [-0.2, -0.15) is 0 Å². The Balaban J connectivity index is 1.58. The van der Waals surface area contributed by atoms with Gasteiger partial charge in [0.1, 0.15) is 12.4 Å². The molecule has 2 heterocycles. The maximum atomic E-state index is 12.8. The Morgan fingerprint density at radius 3 is 2.85 bits per heavy atom. The first kappa shape index (κ1) is 18.5. The van der Waals surface area contributed by atoms with Gasteiger partial charge in [0.15, 0.2) is 0 Å². The molecule has 1 fully saturated rings. The monoisotopic (exact) mass is 373 g/mol. The summed E-state index contributed by atoms with van der Waals surface area (Å²) in [5, 5.41) is 1.95. The summed E-state index contributed by atoms with van der Waals surface area (Å²) in [7, 11) is 0. The van der Waals surface area contributed by atoms with Crippen LogP contribution in [0.2, 0.25) is 0 Å². The van der Waals surface area contributed by atoms with Crippen LogP contribution in [0.4, 0.5) is 0 Å². The normalized spacial score (nSPS) is 17.0. The van der Waals surface area contributed by atoms with E-state index < -0.39 is 0 Å². The van der Waals surface area contributed by atoms with E-state index in [4.69, 9.17) is 9.47 Å². The van der Waals surface area contributed by atoms with Gasteiger partial charge >= 0.3 is 5.97 Å². The average Bonchev–Trinajstić information content (AvgIpc) is 3.16. The highest BCUT2D eigenvalue weighted by Crippen LogP contribution is 2.23. The van der Waals surface area contributed by atoms with Crippen molar-refractivity contribution in [3.8, 4) is 5.75 Å². The molecule has 1 atom stereocenters. The smallest absolute Gasteiger partial charge is 0.310 e. The van der Waals surface area contributed by atoms with Gasteiger partial charge in [0.05, 0.1) is 17.4 Å². The maximum absolute atomic E-state index is 12.8. The number of piperidine rings is 1. The van der Waals surface area contributed by atoms with Crippen molar-refractivity contribution in [2.24, 2.45) is 5.92 Å². The number of para-hydroxylation sites is 1. The summed E-state index contributed by atoms with van der Waals surface area (Å²) in [6.45, 7) is 3.72. The first-order chi connectivity index (χ1) is 12.7.